The van der Waals surface area contributed by atoms with Crippen molar-refractivity contribution >= 4 is 6.21 Å². The third kappa shape index (κ3) is 0.669. The van der Waals surface area contributed by atoms with Crippen LogP contribution >= 0.6 is 0 Å². The molecule has 0 amide bonds. The number of allylic oxidation sites excluding steroid dienone is 2. The zero-order valence-electron chi connectivity index (χ0n) is 5.07. The fourth-order valence-corrected chi connectivity index (χ4v) is 1.07. The van der Waals surface area contributed by atoms with Gasteiger partial charge < -0.3 is 4.90 Å². The van der Waals surface area contributed by atoms with Crippen molar-refractivity contribution in [1.82, 2.24) is 4.90 Å². The Balaban J connectivity index is 2.25. The maximum atomic E-state index is 4.13. The number of hydrogen-bond donors (Lipinski definition) is 0. The third-order valence-electron chi connectivity index (χ3n) is 1.58. The van der Waals surface area contributed by atoms with Crippen molar-refractivity contribution in [1.29, 1.82) is 0 Å². The molecule has 0 saturated heterocycles. The summed E-state index contributed by atoms with van der Waals surface area (Å²) in [6.45, 7) is 0.825. The molecule has 0 saturated carbocycles. The van der Waals surface area contributed by atoms with Gasteiger partial charge in [-0.25, -0.2) is 0 Å². The lowest BCUT2D eigenvalue weighted by molar-refractivity contribution is 0.414. The van der Waals surface area contributed by atoms with Crippen molar-refractivity contribution in [2.45, 2.75) is 6.04 Å². The molecule has 0 aliphatic carbocycles. The van der Waals surface area contributed by atoms with Crippen LogP contribution in [-0.2, 0) is 0 Å². The fraction of sp³-hybridized carbons (Fsp3) is 0.286. The van der Waals surface area contributed by atoms with Gasteiger partial charge in [0.1, 0.15) is 6.67 Å². The van der Waals surface area contributed by atoms with E-state index in [4.69, 9.17) is 0 Å². The summed E-state index contributed by atoms with van der Waals surface area (Å²) in [6, 6.07) is 0.440. The van der Waals surface area contributed by atoms with Gasteiger partial charge in [0, 0.05) is 12.4 Å². The van der Waals surface area contributed by atoms with Crippen molar-refractivity contribution in [3.8, 4) is 0 Å². The maximum Gasteiger partial charge on any atom is 0.110 e. The van der Waals surface area contributed by atoms with E-state index in [0.717, 1.165) is 6.67 Å². The van der Waals surface area contributed by atoms with Crippen LogP contribution in [0.3, 0.4) is 0 Å². The SMILES string of the molecule is C1=CC2C=NCN2C=C1. The minimum Gasteiger partial charge on any atom is -0.347 e. The Kier molecular flexibility index (Phi) is 0.918. The second-order valence-electron chi connectivity index (χ2n) is 2.20. The molecule has 46 valence electrons. The lowest BCUT2D eigenvalue weighted by Gasteiger charge is -2.19. The van der Waals surface area contributed by atoms with Crippen LogP contribution in [0.1, 0.15) is 0 Å². The molecule has 0 N–H and O–H groups in total. The predicted molar refractivity (Wildman–Crippen MR) is 37.3 cm³/mol. The molecule has 2 heterocycles. The first kappa shape index (κ1) is 4.79. The predicted octanol–water partition coefficient (Wildman–Crippen LogP) is 0.782. The Morgan fingerprint density at radius 3 is 3.33 bits per heavy atom. The quantitative estimate of drug-likeness (QED) is 0.461. The molecule has 0 radical (unpaired) electrons. The molecular formula is C7H8N2. The van der Waals surface area contributed by atoms with E-state index in [-0.39, 0.29) is 0 Å². The number of fused-ring (bicyclic) bond motifs is 1. The van der Waals surface area contributed by atoms with E-state index in [1.54, 1.807) is 0 Å². The number of aliphatic imine (C=N–C) groups is 1. The van der Waals surface area contributed by atoms with Gasteiger partial charge in [0.05, 0.1) is 6.04 Å². The summed E-state index contributed by atoms with van der Waals surface area (Å²) in [5.41, 5.74) is 0. The zero-order chi connectivity index (χ0) is 6.10. The van der Waals surface area contributed by atoms with Crippen LogP contribution in [0.4, 0.5) is 0 Å². The molecule has 0 bridgehead atoms. The van der Waals surface area contributed by atoms with Crippen LogP contribution in [0.25, 0.3) is 0 Å². The highest BCUT2D eigenvalue weighted by atomic mass is 15.2. The Hall–Kier alpha value is -1.05. The summed E-state index contributed by atoms with van der Waals surface area (Å²) < 4.78 is 0. The van der Waals surface area contributed by atoms with E-state index in [1.807, 2.05) is 12.3 Å². The summed E-state index contributed by atoms with van der Waals surface area (Å²) in [5, 5.41) is 0. The van der Waals surface area contributed by atoms with Gasteiger partial charge in [-0.05, 0) is 6.08 Å². The Bertz CT molecular complexity index is 191. The van der Waals surface area contributed by atoms with Crippen molar-refractivity contribution < 1.29 is 0 Å². The average Bonchev–Trinajstić information content (AvgIpc) is 2.33. The topological polar surface area (TPSA) is 15.6 Å². The van der Waals surface area contributed by atoms with Gasteiger partial charge in [-0.15, -0.1) is 0 Å². The van der Waals surface area contributed by atoms with E-state index in [1.165, 1.54) is 0 Å². The van der Waals surface area contributed by atoms with Gasteiger partial charge in [-0.3, -0.25) is 4.99 Å². The van der Waals surface area contributed by atoms with Gasteiger partial charge in [0.25, 0.3) is 0 Å². The number of nitrogens with zero attached hydrogens (tertiary/aromatic N) is 2. The monoisotopic (exact) mass is 120 g/mol. The lowest BCUT2D eigenvalue weighted by atomic mass is 10.2. The first-order chi connectivity index (χ1) is 4.47. The molecule has 1 atom stereocenters. The molecule has 2 rings (SSSR count). The van der Waals surface area contributed by atoms with Gasteiger partial charge in [0.2, 0.25) is 0 Å². The van der Waals surface area contributed by atoms with E-state index >= 15 is 0 Å². The normalized spacial score (nSPS) is 29.3. The summed E-state index contributed by atoms with van der Waals surface area (Å²) in [7, 11) is 0. The van der Waals surface area contributed by atoms with Crippen molar-refractivity contribution in [2.75, 3.05) is 6.67 Å². The van der Waals surface area contributed by atoms with E-state index in [9.17, 15) is 0 Å². The van der Waals surface area contributed by atoms with Crippen LogP contribution in [-0.4, -0.2) is 23.8 Å². The molecule has 2 heteroatoms. The summed E-state index contributed by atoms with van der Waals surface area (Å²) in [6.07, 6.45) is 10.3. The molecule has 0 spiro atoms. The van der Waals surface area contributed by atoms with E-state index in [2.05, 4.69) is 28.2 Å². The third-order valence-corrected chi connectivity index (χ3v) is 1.58. The molecule has 9 heavy (non-hydrogen) atoms. The first-order valence-electron chi connectivity index (χ1n) is 3.07. The smallest absolute Gasteiger partial charge is 0.110 e. The van der Waals surface area contributed by atoms with E-state index in [0.29, 0.717) is 6.04 Å². The highest BCUT2D eigenvalue weighted by Gasteiger charge is 2.14. The molecule has 0 aromatic rings. The molecule has 0 aromatic heterocycles. The van der Waals surface area contributed by atoms with Gasteiger partial charge in [-0.2, -0.15) is 0 Å². The Labute approximate surface area is 54.2 Å². The first-order valence-corrected chi connectivity index (χ1v) is 3.07. The van der Waals surface area contributed by atoms with Gasteiger partial charge in [-0.1, -0.05) is 12.2 Å². The fourth-order valence-electron chi connectivity index (χ4n) is 1.07. The highest BCUT2D eigenvalue weighted by molar-refractivity contribution is 5.70. The molecule has 1 unspecified atom stereocenters. The summed E-state index contributed by atoms with van der Waals surface area (Å²) >= 11 is 0. The lowest BCUT2D eigenvalue weighted by Crippen LogP contribution is -2.25. The Morgan fingerprint density at radius 1 is 1.44 bits per heavy atom. The van der Waals surface area contributed by atoms with Crippen LogP contribution < -0.4 is 0 Å². The van der Waals surface area contributed by atoms with Crippen LogP contribution in [0.5, 0.6) is 0 Å². The highest BCUT2D eigenvalue weighted by Crippen LogP contribution is 2.10. The Morgan fingerprint density at radius 2 is 2.44 bits per heavy atom. The number of rotatable bonds is 0. The minimum absolute atomic E-state index is 0.440. The second-order valence-corrected chi connectivity index (χ2v) is 2.20. The zero-order valence-corrected chi connectivity index (χ0v) is 5.07. The minimum atomic E-state index is 0.440. The molecule has 2 nitrogen and oxygen atoms in total. The molecular weight excluding hydrogens is 112 g/mol. The van der Waals surface area contributed by atoms with Crippen molar-refractivity contribution in [3.05, 3.63) is 24.4 Å². The molecule has 2 aliphatic rings. The summed E-state index contributed by atoms with van der Waals surface area (Å²) in [5.74, 6) is 0. The van der Waals surface area contributed by atoms with Crippen LogP contribution in [0.2, 0.25) is 0 Å². The van der Waals surface area contributed by atoms with Crippen molar-refractivity contribution in [3.63, 3.8) is 0 Å². The molecule has 0 fully saturated rings. The molecule has 0 aromatic carbocycles. The second kappa shape index (κ2) is 1.72. The molecule has 2 aliphatic heterocycles. The van der Waals surface area contributed by atoms with Crippen LogP contribution in [0.15, 0.2) is 29.4 Å². The van der Waals surface area contributed by atoms with Gasteiger partial charge in [0.15, 0.2) is 0 Å². The standard InChI is InChI=1S/C7H8N2/c1-2-4-9-6-8-5-7(9)3-1/h1-5,7H,6H2. The largest absolute Gasteiger partial charge is 0.347 e. The maximum absolute atomic E-state index is 4.13. The van der Waals surface area contributed by atoms with Crippen LogP contribution in [0, 0.1) is 0 Å². The summed E-state index contributed by atoms with van der Waals surface area (Å²) in [4.78, 5) is 6.31. The number of hydrogen-bond acceptors (Lipinski definition) is 2. The van der Waals surface area contributed by atoms with E-state index < -0.39 is 0 Å². The van der Waals surface area contributed by atoms with Crippen molar-refractivity contribution in [2.24, 2.45) is 4.99 Å². The van der Waals surface area contributed by atoms with Gasteiger partial charge >= 0.3 is 0 Å². The average molecular weight is 120 g/mol.